The summed E-state index contributed by atoms with van der Waals surface area (Å²) in [6, 6.07) is 18.2. The standard InChI is InChI=1S/C23H16FNO5S/c1-15-6-12-18(13-7-15)31(27,28)30-17-10-8-16(9-11-17)14-21-23(26)29-22(25-21)19-4-2-3-5-20(19)24/h2-14H,1H3/b21-14+. The van der Waals surface area contributed by atoms with Crippen LogP contribution in [0.1, 0.15) is 16.7 Å². The van der Waals surface area contributed by atoms with E-state index in [0.29, 0.717) is 5.56 Å². The monoisotopic (exact) mass is 437 g/mol. The van der Waals surface area contributed by atoms with Crippen molar-refractivity contribution in [2.75, 3.05) is 0 Å². The maximum Gasteiger partial charge on any atom is 0.363 e. The normalized spacial score (nSPS) is 15.0. The number of benzene rings is 3. The van der Waals surface area contributed by atoms with Gasteiger partial charge in [-0.25, -0.2) is 14.2 Å². The van der Waals surface area contributed by atoms with Gasteiger partial charge in [0.1, 0.15) is 16.5 Å². The molecule has 0 N–H and O–H groups in total. The van der Waals surface area contributed by atoms with Crippen molar-refractivity contribution in [1.82, 2.24) is 0 Å². The number of rotatable bonds is 5. The summed E-state index contributed by atoms with van der Waals surface area (Å²) < 4.78 is 48.8. The molecule has 0 fully saturated rings. The molecule has 0 aromatic heterocycles. The smallest absolute Gasteiger partial charge is 0.363 e. The first kappa shape index (κ1) is 20.5. The molecule has 1 heterocycles. The summed E-state index contributed by atoms with van der Waals surface area (Å²) in [6.07, 6.45) is 1.45. The van der Waals surface area contributed by atoms with E-state index in [1.165, 1.54) is 48.5 Å². The number of aliphatic imine (C=N–C) groups is 1. The highest BCUT2D eigenvalue weighted by Crippen LogP contribution is 2.23. The number of hydrogen-bond donors (Lipinski definition) is 0. The van der Waals surface area contributed by atoms with Crippen LogP contribution >= 0.6 is 0 Å². The number of hydrogen-bond acceptors (Lipinski definition) is 6. The minimum atomic E-state index is -3.96. The first-order valence-electron chi connectivity index (χ1n) is 9.20. The minimum Gasteiger partial charge on any atom is -0.402 e. The molecule has 0 aliphatic carbocycles. The largest absolute Gasteiger partial charge is 0.402 e. The van der Waals surface area contributed by atoms with Crippen LogP contribution in [0, 0.1) is 12.7 Å². The summed E-state index contributed by atoms with van der Waals surface area (Å²) in [5, 5.41) is 0. The van der Waals surface area contributed by atoms with Crippen LogP contribution in [0.3, 0.4) is 0 Å². The summed E-state index contributed by atoms with van der Waals surface area (Å²) in [6.45, 7) is 1.86. The predicted octanol–water partition coefficient (Wildman–Crippen LogP) is 4.25. The Labute approximate surface area is 178 Å². The van der Waals surface area contributed by atoms with Gasteiger partial charge >= 0.3 is 16.1 Å². The third-order valence-corrected chi connectivity index (χ3v) is 5.69. The van der Waals surface area contributed by atoms with E-state index in [1.54, 1.807) is 30.3 Å². The Morgan fingerprint density at radius 1 is 0.968 bits per heavy atom. The molecule has 0 spiro atoms. The fraction of sp³-hybridized carbons (Fsp3) is 0.0435. The molecule has 4 rings (SSSR count). The second-order valence-corrected chi connectivity index (χ2v) is 8.28. The van der Waals surface area contributed by atoms with Gasteiger partial charge in [-0.2, -0.15) is 8.42 Å². The number of carbonyl (C=O) groups excluding carboxylic acids is 1. The lowest BCUT2D eigenvalue weighted by atomic mass is 10.2. The third kappa shape index (κ3) is 4.54. The molecular formula is C23H16FNO5S. The fourth-order valence-electron chi connectivity index (χ4n) is 2.82. The molecule has 6 nitrogen and oxygen atoms in total. The van der Waals surface area contributed by atoms with Crippen molar-refractivity contribution in [2.45, 2.75) is 11.8 Å². The molecule has 3 aromatic rings. The van der Waals surface area contributed by atoms with Crippen molar-refractivity contribution in [1.29, 1.82) is 0 Å². The van der Waals surface area contributed by atoms with E-state index >= 15 is 0 Å². The molecule has 156 valence electrons. The molecule has 0 saturated heterocycles. The summed E-state index contributed by atoms with van der Waals surface area (Å²) in [7, 11) is -3.96. The highest BCUT2D eigenvalue weighted by molar-refractivity contribution is 7.87. The number of aryl methyl sites for hydroxylation is 1. The third-order valence-electron chi connectivity index (χ3n) is 4.42. The second kappa shape index (κ2) is 8.16. The average Bonchev–Trinajstić information content (AvgIpc) is 3.10. The van der Waals surface area contributed by atoms with Gasteiger partial charge in [-0.1, -0.05) is 42.0 Å². The lowest BCUT2D eigenvalue weighted by molar-refractivity contribution is -0.129. The van der Waals surface area contributed by atoms with Gasteiger partial charge in [0.15, 0.2) is 5.70 Å². The minimum absolute atomic E-state index is 0.000742. The number of cyclic esters (lactones) is 1. The van der Waals surface area contributed by atoms with E-state index in [0.717, 1.165) is 5.56 Å². The molecule has 0 amide bonds. The summed E-state index contributed by atoms with van der Waals surface area (Å²) in [5.74, 6) is -1.25. The van der Waals surface area contributed by atoms with Crippen LogP contribution in [0.25, 0.3) is 6.08 Å². The zero-order valence-electron chi connectivity index (χ0n) is 16.3. The predicted molar refractivity (Wildman–Crippen MR) is 112 cm³/mol. The summed E-state index contributed by atoms with van der Waals surface area (Å²) >= 11 is 0. The van der Waals surface area contributed by atoms with Crippen molar-refractivity contribution >= 4 is 28.1 Å². The van der Waals surface area contributed by atoms with E-state index in [-0.39, 0.29) is 27.8 Å². The van der Waals surface area contributed by atoms with Crippen LogP contribution in [0.15, 0.2) is 88.4 Å². The van der Waals surface area contributed by atoms with E-state index in [4.69, 9.17) is 8.92 Å². The van der Waals surface area contributed by atoms with Crippen LogP contribution in [-0.2, 0) is 19.6 Å². The average molecular weight is 437 g/mol. The topological polar surface area (TPSA) is 82.0 Å². The Morgan fingerprint density at radius 2 is 1.65 bits per heavy atom. The molecule has 1 aliphatic heterocycles. The number of nitrogens with zero attached hydrogens (tertiary/aromatic N) is 1. The summed E-state index contributed by atoms with van der Waals surface area (Å²) in [5.41, 5.74) is 1.58. The zero-order valence-corrected chi connectivity index (χ0v) is 17.1. The molecule has 0 unspecified atom stereocenters. The molecule has 8 heteroatoms. The maximum absolute atomic E-state index is 13.9. The van der Waals surface area contributed by atoms with E-state index in [1.807, 2.05) is 6.92 Å². The number of carbonyl (C=O) groups is 1. The molecular weight excluding hydrogens is 421 g/mol. The maximum atomic E-state index is 13.9. The van der Waals surface area contributed by atoms with E-state index < -0.39 is 21.9 Å². The number of halogens is 1. The van der Waals surface area contributed by atoms with Crippen LogP contribution in [0.4, 0.5) is 4.39 Å². The fourth-order valence-corrected chi connectivity index (χ4v) is 3.75. The van der Waals surface area contributed by atoms with Gasteiger partial charge in [-0.05, 0) is 55.0 Å². The van der Waals surface area contributed by atoms with Gasteiger partial charge in [-0.15, -0.1) is 0 Å². The van der Waals surface area contributed by atoms with Crippen molar-refractivity contribution in [3.05, 3.63) is 101 Å². The molecule has 31 heavy (non-hydrogen) atoms. The van der Waals surface area contributed by atoms with Crippen LogP contribution < -0.4 is 4.18 Å². The van der Waals surface area contributed by atoms with Crippen LogP contribution in [0.2, 0.25) is 0 Å². The molecule has 3 aromatic carbocycles. The second-order valence-electron chi connectivity index (χ2n) is 6.74. The first-order valence-corrected chi connectivity index (χ1v) is 10.6. The van der Waals surface area contributed by atoms with E-state index in [9.17, 15) is 17.6 Å². The lowest BCUT2D eigenvalue weighted by Crippen LogP contribution is -2.09. The Bertz CT molecular complexity index is 1310. The quantitative estimate of drug-likeness (QED) is 0.339. The Balaban J connectivity index is 1.53. The lowest BCUT2D eigenvalue weighted by Gasteiger charge is -2.07. The molecule has 0 bridgehead atoms. The SMILES string of the molecule is Cc1ccc(S(=O)(=O)Oc2ccc(/C=C3/N=C(c4ccccc4F)OC3=O)cc2)cc1. The van der Waals surface area contributed by atoms with Gasteiger partial charge in [0.25, 0.3) is 0 Å². The van der Waals surface area contributed by atoms with Crippen molar-refractivity contribution < 1.29 is 26.5 Å². The molecule has 0 atom stereocenters. The first-order chi connectivity index (χ1) is 14.8. The van der Waals surface area contributed by atoms with Crippen LogP contribution in [-0.4, -0.2) is 20.3 Å². The number of esters is 1. The highest BCUT2D eigenvalue weighted by Gasteiger charge is 2.26. The van der Waals surface area contributed by atoms with Gasteiger partial charge in [0.2, 0.25) is 5.90 Å². The van der Waals surface area contributed by atoms with Crippen molar-refractivity contribution in [3.8, 4) is 5.75 Å². The van der Waals surface area contributed by atoms with Gasteiger partial charge in [0.05, 0.1) is 5.56 Å². The molecule has 0 radical (unpaired) electrons. The van der Waals surface area contributed by atoms with Crippen LogP contribution in [0.5, 0.6) is 5.75 Å². The Hall–Kier alpha value is -3.78. The Kier molecular flexibility index (Phi) is 5.39. The number of ether oxygens (including phenoxy) is 1. The zero-order chi connectivity index (χ0) is 22.0. The van der Waals surface area contributed by atoms with Crippen molar-refractivity contribution in [3.63, 3.8) is 0 Å². The molecule has 0 saturated carbocycles. The van der Waals surface area contributed by atoms with E-state index in [2.05, 4.69) is 4.99 Å². The Morgan fingerprint density at radius 3 is 2.32 bits per heavy atom. The molecule has 1 aliphatic rings. The summed E-state index contributed by atoms with van der Waals surface area (Å²) in [4.78, 5) is 16.2. The van der Waals surface area contributed by atoms with Gasteiger partial charge in [-0.3, -0.25) is 0 Å². The van der Waals surface area contributed by atoms with Gasteiger partial charge < -0.3 is 8.92 Å². The van der Waals surface area contributed by atoms with Gasteiger partial charge in [0, 0.05) is 0 Å². The highest BCUT2D eigenvalue weighted by atomic mass is 32.2. The van der Waals surface area contributed by atoms with Crippen molar-refractivity contribution in [2.24, 2.45) is 4.99 Å².